The molecule has 4 amide bonds. The summed E-state index contributed by atoms with van der Waals surface area (Å²) in [5.41, 5.74) is 1.61. The van der Waals surface area contributed by atoms with Crippen molar-refractivity contribution in [1.82, 2.24) is 21.3 Å². The van der Waals surface area contributed by atoms with Crippen LogP contribution >= 0.6 is 0 Å². The van der Waals surface area contributed by atoms with E-state index in [1.165, 1.54) is 6.08 Å². The molecule has 4 atom stereocenters. The van der Waals surface area contributed by atoms with Crippen molar-refractivity contribution in [2.45, 2.75) is 64.3 Å². The average molecular weight is 643 g/mol. The summed E-state index contributed by atoms with van der Waals surface area (Å²) in [4.78, 5) is 64.0. The highest BCUT2D eigenvalue weighted by Gasteiger charge is 2.31. The summed E-state index contributed by atoms with van der Waals surface area (Å²) in [6, 6.07) is 19.8. The van der Waals surface area contributed by atoms with Gasteiger partial charge in [-0.05, 0) is 47.1 Å². The SMILES string of the molecule is CC(C)CC(NC(=O)C(Cc1cccc2ccccc12)NC(=O)OCc1ccccc1)C(=O)NC(/C=C/C(=O)O)C[C@@H]1CCNC1=O. The van der Waals surface area contributed by atoms with Gasteiger partial charge in [0, 0.05) is 31.0 Å². The van der Waals surface area contributed by atoms with Gasteiger partial charge in [-0.1, -0.05) is 92.7 Å². The number of rotatable bonds is 15. The molecule has 0 bridgehead atoms. The van der Waals surface area contributed by atoms with Crippen LogP contribution in [0.2, 0.25) is 0 Å². The minimum Gasteiger partial charge on any atom is -0.478 e. The van der Waals surface area contributed by atoms with Crippen LogP contribution in [0, 0.1) is 11.8 Å². The van der Waals surface area contributed by atoms with Gasteiger partial charge in [0.05, 0.1) is 0 Å². The fraction of sp³-hybridized carbons (Fsp3) is 0.361. The molecule has 4 rings (SSSR count). The van der Waals surface area contributed by atoms with Crippen LogP contribution in [0.4, 0.5) is 4.79 Å². The van der Waals surface area contributed by atoms with Crippen LogP contribution in [-0.4, -0.2) is 59.6 Å². The Hall–Kier alpha value is -5.19. The topological polar surface area (TPSA) is 163 Å². The monoisotopic (exact) mass is 642 g/mol. The molecular weight excluding hydrogens is 600 g/mol. The Morgan fingerprint density at radius 3 is 2.32 bits per heavy atom. The first kappa shape index (κ1) is 34.7. The number of alkyl carbamates (subject to hydrolysis) is 1. The Labute approximate surface area is 274 Å². The van der Waals surface area contributed by atoms with Gasteiger partial charge < -0.3 is 31.1 Å². The average Bonchev–Trinajstić information content (AvgIpc) is 3.45. The minimum atomic E-state index is -1.19. The van der Waals surface area contributed by atoms with Gasteiger partial charge in [0.2, 0.25) is 17.7 Å². The molecule has 3 aromatic rings. The smallest absolute Gasteiger partial charge is 0.408 e. The lowest BCUT2D eigenvalue weighted by Gasteiger charge is -2.26. The largest absolute Gasteiger partial charge is 0.478 e. The zero-order valence-electron chi connectivity index (χ0n) is 26.6. The summed E-state index contributed by atoms with van der Waals surface area (Å²) in [7, 11) is 0. The first-order chi connectivity index (χ1) is 22.6. The second-order valence-corrected chi connectivity index (χ2v) is 12.1. The third-order valence-electron chi connectivity index (χ3n) is 7.97. The molecule has 1 aliphatic rings. The number of carbonyl (C=O) groups is 5. The van der Waals surface area contributed by atoms with Crippen molar-refractivity contribution < 1.29 is 33.8 Å². The Morgan fingerprint density at radius 1 is 0.915 bits per heavy atom. The van der Waals surface area contributed by atoms with Crippen molar-refractivity contribution in [3.05, 3.63) is 96.1 Å². The molecule has 0 aliphatic carbocycles. The van der Waals surface area contributed by atoms with Crippen molar-refractivity contribution >= 4 is 40.6 Å². The fourth-order valence-electron chi connectivity index (χ4n) is 5.63. The van der Waals surface area contributed by atoms with Gasteiger partial charge in [0.25, 0.3) is 0 Å². The first-order valence-electron chi connectivity index (χ1n) is 15.8. The van der Waals surface area contributed by atoms with Gasteiger partial charge in [-0.25, -0.2) is 9.59 Å². The number of aliphatic carboxylic acids is 1. The molecule has 1 heterocycles. The van der Waals surface area contributed by atoms with E-state index in [-0.39, 0.29) is 43.6 Å². The molecule has 11 nitrogen and oxygen atoms in total. The number of carbonyl (C=O) groups excluding carboxylic acids is 4. The quantitative estimate of drug-likeness (QED) is 0.157. The molecule has 248 valence electrons. The molecule has 0 radical (unpaired) electrons. The lowest BCUT2D eigenvalue weighted by Crippen LogP contribution is -2.55. The van der Waals surface area contributed by atoms with E-state index in [0.717, 1.165) is 28.0 Å². The predicted octanol–water partition coefficient (Wildman–Crippen LogP) is 3.86. The third-order valence-corrected chi connectivity index (χ3v) is 7.97. The predicted molar refractivity (Wildman–Crippen MR) is 177 cm³/mol. The Kier molecular flexibility index (Phi) is 12.5. The van der Waals surface area contributed by atoms with Crippen molar-refractivity contribution in [2.75, 3.05) is 6.54 Å². The van der Waals surface area contributed by atoms with Gasteiger partial charge in [0.1, 0.15) is 18.7 Å². The summed E-state index contributed by atoms with van der Waals surface area (Å²) in [6.07, 6.45) is 2.67. The second-order valence-electron chi connectivity index (χ2n) is 12.1. The first-order valence-corrected chi connectivity index (χ1v) is 15.8. The maximum absolute atomic E-state index is 13.9. The zero-order chi connectivity index (χ0) is 33.8. The summed E-state index contributed by atoms with van der Waals surface area (Å²) in [5, 5.41) is 22.2. The maximum Gasteiger partial charge on any atom is 0.408 e. The fourth-order valence-corrected chi connectivity index (χ4v) is 5.63. The highest BCUT2D eigenvalue weighted by molar-refractivity contribution is 5.93. The number of hydrogen-bond acceptors (Lipinski definition) is 6. The number of carboxylic acid groups (broad SMARTS) is 1. The van der Waals surface area contributed by atoms with E-state index in [2.05, 4.69) is 21.3 Å². The van der Waals surface area contributed by atoms with Crippen LogP contribution in [0.15, 0.2) is 84.9 Å². The highest BCUT2D eigenvalue weighted by atomic mass is 16.5. The normalized spacial score (nSPS) is 16.3. The van der Waals surface area contributed by atoms with Gasteiger partial charge in [-0.3, -0.25) is 14.4 Å². The molecular formula is C36H42N4O7. The molecule has 3 unspecified atom stereocenters. The van der Waals surface area contributed by atoms with E-state index < -0.39 is 42.0 Å². The molecule has 47 heavy (non-hydrogen) atoms. The highest BCUT2D eigenvalue weighted by Crippen LogP contribution is 2.21. The number of nitrogens with one attached hydrogen (secondary N) is 4. The van der Waals surface area contributed by atoms with Crippen LogP contribution in [0.3, 0.4) is 0 Å². The van der Waals surface area contributed by atoms with E-state index >= 15 is 0 Å². The van der Waals surface area contributed by atoms with Gasteiger partial charge >= 0.3 is 12.1 Å². The number of ether oxygens (including phenoxy) is 1. The van der Waals surface area contributed by atoms with Gasteiger partial charge in [-0.2, -0.15) is 0 Å². The van der Waals surface area contributed by atoms with E-state index in [1.807, 2.05) is 86.6 Å². The van der Waals surface area contributed by atoms with Crippen LogP contribution in [-0.2, 0) is 36.9 Å². The van der Waals surface area contributed by atoms with E-state index in [1.54, 1.807) is 0 Å². The van der Waals surface area contributed by atoms with Gasteiger partial charge in [0.15, 0.2) is 0 Å². The molecule has 11 heteroatoms. The Bertz CT molecular complexity index is 1590. The number of amides is 4. The zero-order valence-corrected chi connectivity index (χ0v) is 26.6. The number of benzene rings is 3. The molecule has 0 aromatic heterocycles. The van der Waals surface area contributed by atoms with Crippen molar-refractivity contribution in [3.63, 3.8) is 0 Å². The summed E-state index contributed by atoms with van der Waals surface area (Å²) < 4.78 is 5.42. The van der Waals surface area contributed by atoms with Crippen LogP contribution in [0.1, 0.15) is 44.2 Å². The number of carboxylic acids is 1. The minimum absolute atomic E-state index is 0.0000135. The van der Waals surface area contributed by atoms with Gasteiger partial charge in [-0.15, -0.1) is 0 Å². The van der Waals surface area contributed by atoms with Crippen LogP contribution < -0.4 is 21.3 Å². The van der Waals surface area contributed by atoms with Crippen molar-refractivity contribution in [2.24, 2.45) is 11.8 Å². The second kappa shape index (κ2) is 16.9. The summed E-state index contributed by atoms with van der Waals surface area (Å²) in [5.74, 6) is -2.83. The molecule has 5 N–H and O–H groups in total. The molecule has 0 spiro atoms. The standard InChI is InChI=1S/C36H42N4O7/c1-23(2)19-30(34(44)38-28(15-16-32(41)42)20-27-17-18-37-33(27)43)39-35(45)31(40-36(46)47-22-24-9-4-3-5-10-24)21-26-13-8-12-25-11-6-7-14-29(25)26/h3-16,23,27-28,30-31H,17-22H2,1-2H3,(H,37,43)(H,38,44)(H,39,45)(H,40,46)(H,41,42)/b16-15+/t27-,28?,30?,31?/m0/s1. The number of fused-ring (bicyclic) bond motifs is 1. The van der Waals surface area contributed by atoms with Crippen LogP contribution in [0.5, 0.6) is 0 Å². The molecule has 1 fully saturated rings. The molecule has 1 saturated heterocycles. The van der Waals surface area contributed by atoms with E-state index in [4.69, 9.17) is 4.74 Å². The molecule has 1 aliphatic heterocycles. The lowest BCUT2D eigenvalue weighted by atomic mass is 9.96. The third kappa shape index (κ3) is 10.7. The Morgan fingerprint density at radius 2 is 1.62 bits per heavy atom. The van der Waals surface area contributed by atoms with E-state index in [9.17, 15) is 29.1 Å². The molecule has 0 saturated carbocycles. The maximum atomic E-state index is 13.9. The van der Waals surface area contributed by atoms with Crippen LogP contribution in [0.25, 0.3) is 10.8 Å². The molecule has 3 aromatic carbocycles. The lowest BCUT2D eigenvalue weighted by molar-refractivity contribution is -0.131. The van der Waals surface area contributed by atoms with Crippen molar-refractivity contribution in [3.8, 4) is 0 Å². The summed E-state index contributed by atoms with van der Waals surface area (Å²) >= 11 is 0. The summed E-state index contributed by atoms with van der Waals surface area (Å²) in [6.45, 7) is 4.34. The van der Waals surface area contributed by atoms with Crippen molar-refractivity contribution in [1.29, 1.82) is 0 Å². The van der Waals surface area contributed by atoms with E-state index in [0.29, 0.717) is 13.0 Å². The number of hydrogen-bond donors (Lipinski definition) is 5. The Balaban J connectivity index is 1.53.